The van der Waals surface area contributed by atoms with Gasteiger partial charge in [-0.25, -0.2) is 4.98 Å². The molecule has 1 aromatic heterocycles. The highest BCUT2D eigenvalue weighted by molar-refractivity contribution is 6.21. The van der Waals surface area contributed by atoms with Gasteiger partial charge in [0.2, 0.25) is 0 Å². The lowest BCUT2D eigenvalue weighted by molar-refractivity contribution is 0.0651. The number of rotatable bonds is 10. The van der Waals surface area contributed by atoms with Crippen LogP contribution in [0.1, 0.15) is 51.1 Å². The molecule has 250 valence electrons. The van der Waals surface area contributed by atoms with Crippen molar-refractivity contribution in [3.63, 3.8) is 0 Å². The van der Waals surface area contributed by atoms with Gasteiger partial charge in [-0.1, -0.05) is 30.3 Å². The average Bonchev–Trinajstić information content (AvgIpc) is 3.68. The first-order chi connectivity index (χ1) is 24.0. The third kappa shape index (κ3) is 6.38. The van der Waals surface area contributed by atoms with Gasteiger partial charge in [0.05, 0.1) is 28.8 Å². The van der Waals surface area contributed by atoms with Gasteiger partial charge in [-0.3, -0.25) is 14.5 Å². The minimum absolute atomic E-state index is 0.182. The molecule has 2 amide bonds. The van der Waals surface area contributed by atoms with Crippen LogP contribution in [0.3, 0.4) is 0 Å². The molecule has 1 saturated heterocycles. The van der Waals surface area contributed by atoms with Crippen molar-refractivity contribution in [2.75, 3.05) is 62.7 Å². The number of benzene rings is 4. The van der Waals surface area contributed by atoms with E-state index in [1.54, 1.807) is 24.3 Å². The molecule has 8 rings (SSSR count). The summed E-state index contributed by atoms with van der Waals surface area (Å²) in [4.78, 5) is 42.3. The molecule has 9 heteroatoms. The molecule has 0 atom stereocenters. The predicted octanol–water partition coefficient (Wildman–Crippen LogP) is 6.39. The van der Waals surface area contributed by atoms with Crippen molar-refractivity contribution < 1.29 is 14.3 Å². The van der Waals surface area contributed by atoms with E-state index in [-0.39, 0.29) is 11.8 Å². The molecule has 0 aliphatic carbocycles. The molecule has 49 heavy (non-hydrogen) atoms. The number of anilines is 2. The van der Waals surface area contributed by atoms with Crippen LogP contribution < -0.4 is 14.5 Å². The summed E-state index contributed by atoms with van der Waals surface area (Å²) in [5.41, 5.74) is 9.29. The number of ether oxygens (including phenoxy) is 1. The number of aromatic amines is 1. The third-order valence-corrected chi connectivity index (χ3v) is 10.2. The number of imide groups is 1. The molecule has 0 saturated carbocycles. The maximum absolute atomic E-state index is 12.6. The van der Waals surface area contributed by atoms with E-state index in [4.69, 9.17) is 9.72 Å². The number of imidazole rings is 1. The van der Waals surface area contributed by atoms with Crippen LogP contribution in [0.25, 0.3) is 22.4 Å². The molecular formula is C40H42N6O3. The molecule has 3 aliphatic heterocycles. The zero-order valence-electron chi connectivity index (χ0n) is 28.0. The lowest BCUT2D eigenvalue weighted by Crippen LogP contribution is -2.44. The average molecular weight is 655 g/mol. The van der Waals surface area contributed by atoms with Gasteiger partial charge >= 0.3 is 0 Å². The molecule has 3 aliphatic rings. The number of hydrogen-bond donors (Lipinski definition) is 1. The number of fused-ring (bicyclic) bond motifs is 3. The van der Waals surface area contributed by atoms with Crippen LogP contribution in [0.15, 0.2) is 84.9 Å². The summed E-state index contributed by atoms with van der Waals surface area (Å²) in [7, 11) is 2.18. The molecule has 0 unspecified atom stereocenters. The molecule has 4 heterocycles. The Hall–Kier alpha value is -5.15. The first-order valence-electron chi connectivity index (χ1n) is 17.5. The maximum Gasteiger partial charge on any atom is 0.261 e. The quantitative estimate of drug-likeness (QED) is 0.138. The Kier molecular flexibility index (Phi) is 8.51. The van der Waals surface area contributed by atoms with Crippen LogP contribution in [-0.2, 0) is 13.0 Å². The van der Waals surface area contributed by atoms with Crippen molar-refractivity contribution in [2.24, 2.45) is 0 Å². The number of carbonyl (C=O) groups is 2. The van der Waals surface area contributed by atoms with Gasteiger partial charge in [0, 0.05) is 62.8 Å². The van der Waals surface area contributed by atoms with E-state index in [1.807, 2.05) is 0 Å². The molecule has 4 aromatic carbocycles. The number of nitrogens with one attached hydrogen (secondary N) is 1. The fourth-order valence-corrected chi connectivity index (χ4v) is 7.27. The number of nitrogens with zero attached hydrogens (tertiary/aromatic N) is 5. The minimum atomic E-state index is -0.182. The second-order valence-electron chi connectivity index (χ2n) is 13.4. The zero-order valence-corrected chi connectivity index (χ0v) is 28.0. The fourth-order valence-electron chi connectivity index (χ4n) is 7.27. The van der Waals surface area contributed by atoms with Gasteiger partial charge in [0.25, 0.3) is 11.8 Å². The van der Waals surface area contributed by atoms with Crippen molar-refractivity contribution in [1.82, 2.24) is 19.8 Å². The van der Waals surface area contributed by atoms with Gasteiger partial charge in [0.15, 0.2) is 0 Å². The zero-order chi connectivity index (χ0) is 33.3. The lowest BCUT2D eigenvalue weighted by atomic mass is 9.98. The smallest absolute Gasteiger partial charge is 0.261 e. The number of piperazine rings is 1. The number of unbranched alkanes of at least 4 members (excludes halogenated alkanes) is 2. The second-order valence-corrected chi connectivity index (χ2v) is 13.4. The molecule has 0 bridgehead atoms. The molecule has 1 N–H and O–H groups in total. The first kappa shape index (κ1) is 31.1. The Balaban J connectivity index is 0.840. The Morgan fingerprint density at radius 2 is 1.53 bits per heavy atom. The topological polar surface area (TPSA) is 85.0 Å². The molecule has 0 spiro atoms. The van der Waals surface area contributed by atoms with Crippen LogP contribution in [0, 0.1) is 0 Å². The van der Waals surface area contributed by atoms with Crippen molar-refractivity contribution in [2.45, 2.75) is 32.2 Å². The Bertz CT molecular complexity index is 1980. The first-order valence-corrected chi connectivity index (χ1v) is 17.5. The second kappa shape index (κ2) is 13.4. The maximum atomic E-state index is 12.6. The normalized spacial score (nSPS) is 16.4. The molecule has 5 aromatic rings. The van der Waals surface area contributed by atoms with Crippen molar-refractivity contribution in [3.8, 4) is 17.1 Å². The summed E-state index contributed by atoms with van der Waals surface area (Å²) < 4.78 is 6.11. The van der Waals surface area contributed by atoms with E-state index in [2.05, 4.69) is 87.4 Å². The van der Waals surface area contributed by atoms with Crippen molar-refractivity contribution in [1.29, 1.82) is 0 Å². The van der Waals surface area contributed by atoms with Crippen LogP contribution in [0.2, 0.25) is 0 Å². The molecule has 1 fully saturated rings. The van der Waals surface area contributed by atoms with Crippen molar-refractivity contribution in [3.05, 3.63) is 107 Å². The standard InChI is InChI=1S/C40H42N6O3/c1-43-19-21-44(22-20-43)32-13-15-36-37(26-32)42-38(41-36)29-8-7-9-31(24-29)45-18-16-28-25-33(14-12-30(28)27-45)49-23-6-2-5-17-46-39(47)34-10-3-4-11-35(34)40(46)48/h3-4,7-15,24-26H,2,5-6,16-23,27H2,1H3,(H,41,42). The van der Waals surface area contributed by atoms with Crippen LogP contribution in [-0.4, -0.2) is 84.5 Å². The summed E-state index contributed by atoms with van der Waals surface area (Å²) in [5, 5.41) is 0. The predicted molar refractivity (Wildman–Crippen MR) is 194 cm³/mol. The summed E-state index contributed by atoms with van der Waals surface area (Å²) in [6, 6.07) is 28.8. The Morgan fingerprint density at radius 3 is 2.35 bits per heavy atom. The summed E-state index contributed by atoms with van der Waals surface area (Å²) in [6.07, 6.45) is 3.48. The van der Waals surface area contributed by atoms with E-state index in [0.717, 1.165) is 93.1 Å². The number of H-pyrrole nitrogens is 1. The number of aromatic nitrogens is 2. The van der Waals surface area contributed by atoms with Crippen LogP contribution in [0.4, 0.5) is 11.4 Å². The number of likely N-dealkylation sites (N-methyl/N-ethyl adjacent to an activating group) is 1. The van der Waals surface area contributed by atoms with Gasteiger partial charge < -0.3 is 24.4 Å². The van der Waals surface area contributed by atoms with Crippen molar-refractivity contribution >= 4 is 34.2 Å². The van der Waals surface area contributed by atoms with E-state index in [9.17, 15) is 9.59 Å². The number of hydrogen-bond acceptors (Lipinski definition) is 7. The van der Waals surface area contributed by atoms with E-state index in [1.165, 1.54) is 27.4 Å². The summed E-state index contributed by atoms with van der Waals surface area (Å²) in [6.45, 7) is 7.11. The highest BCUT2D eigenvalue weighted by Crippen LogP contribution is 2.31. The minimum Gasteiger partial charge on any atom is -0.494 e. The van der Waals surface area contributed by atoms with Gasteiger partial charge in [-0.15, -0.1) is 0 Å². The van der Waals surface area contributed by atoms with E-state index >= 15 is 0 Å². The SMILES string of the molecule is CN1CCN(c2ccc3nc(-c4cccc(N5CCc6cc(OCCCCCN7C(=O)c8ccccc8C7=O)ccc6C5)c4)[nH]c3c2)CC1. The number of amides is 2. The van der Waals surface area contributed by atoms with E-state index < -0.39 is 0 Å². The van der Waals surface area contributed by atoms with Gasteiger partial charge in [-0.2, -0.15) is 0 Å². The highest BCUT2D eigenvalue weighted by Gasteiger charge is 2.34. The molecule has 0 radical (unpaired) electrons. The molecular weight excluding hydrogens is 612 g/mol. The van der Waals surface area contributed by atoms with Crippen LogP contribution >= 0.6 is 0 Å². The number of carbonyl (C=O) groups excluding carboxylic acids is 2. The van der Waals surface area contributed by atoms with Gasteiger partial charge in [-0.05, 0) is 98.5 Å². The van der Waals surface area contributed by atoms with Crippen LogP contribution in [0.5, 0.6) is 5.75 Å². The third-order valence-electron chi connectivity index (χ3n) is 10.2. The monoisotopic (exact) mass is 654 g/mol. The molecule has 9 nitrogen and oxygen atoms in total. The highest BCUT2D eigenvalue weighted by atomic mass is 16.5. The largest absolute Gasteiger partial charge is 0.494 e. The summed E-state index contributed by atoms with van der Waals surface area (Å²) in [5.74, 6) is 1.43. The fraction of sp³-hybridized carbons (Fsp3) is 0.325. The van der Waals surface area contributed by atoms with E-state index in [0.29, 0.717) is 24.3 Å². The summed E-state index contributed by atoms with van der Waals surface area (Å²) >= 11 is 0. The Labute approximate surface area is 287 Å². The lowest BCUT2D eigenvalue weighted by Gasteiger charge is -2.34. The Morgan fingerprint density at radius 1 is 0.735 bits per heavy atom. The van der Waals surface area contributed by atoms with Gasteiger partial charge in [0.1, 0.15) is 11.6 Å².